The fraction of sp³-hybridized carbons (Fsp3) is 0.150. The number of halogens is 1. The Bertz CT molecular complexity index is 946. The maximum Gasteiger partial charge on any atom is 0.251 e. The van der Waals surface area contributed by atoms with Crippen LogP contribution in [0.1, 0.15) is 21.6 Å². The molecule has 2 aromatic heterocycles. The van der Waals surface area contributed by atoms with Crippen molar-refractivity contribution in [2.24, 2.45) is 0 Å². The monoisotopic (exact) mass is 427 g/mol. The van der Waals surface area contributed by atoms with Crippen molar-refractivity contribution in [3.63, 3.8) is 0 Å². The minimum Gasteiger partial charge on any atom is -0.346 e. The van der Waals surface area contributed by atoms with E-state index >= 15 is 0 Å². The number of nitrogens with one attached hydrogen (secondary N) is 1. The van der Waals surface area contributed by atoms with Crippen LogP contribution in [0.25, 0.3) is 11.1 Å². The lowest BCUT2D eigenvalue weighted by molar-refractivity contribution is 0.0950. The predicted molar refractivity (Wildman–Crippen MR) is 109 cm³/mol. The first kappa shape index (κ1) is 18.6. The van der Waals surface area contributed by atoms with Gasteiger partial charge in [-0.15, -0.1) is 11.8 Å². The molecule has 6 heteroatoms. The third-order valence-electron chi connectivity index (χ3n) is 3.98. The summed E-state index contributed by atoms with van der Waals surface area (Å²) in [6.45, 7) is 2.42. The number of hydrogen-bond donors (Lipinski definition) is 1. The summed E-state index contributed by atoms with van der Waals surface area (Å²) in [7, 11) is 0. The topological polar surface area (TPSA) is 54.9 Å². The highest BCUT2D eigenvalue weighted by Gasteiger charge is 2.09. The smallest absolute Gasteiger partial charge is 0.251 e. The van der Waals surface area contributed by atoms with E-state index in [1.54, 1.807) is 24.2 Å². The molecule has 0 spiro atoms. The predicted octanol–water partition coefficient (Wildman–Crippen LogP) is 4.87. The number of benzene rings is 1. The van der Waals surface area contributed by atoms with Crippen molar-refractivity contribution < 1.29 is 4.79 Å². The van der Waals surface area contributed by atoms with Crippen LogP contribution in [0.2, 0.25) is 0 Å². The van der Waals surface area contributed by atoms with E-state index < -0.39 is 0 Å². The molecule has 0 fully saturated rings. The summed E-state index contributed by atoms with van der Waals surface area (Å²) >= 11 is 5.03. The summed E-state index contributed by atoms with van der Waals surface area (Å²) in [6.07, 6.45) is 5.52. The molecule has 0 unspecified atom stereocenters. The molecule has 3 rings (SSSR count). The first-order valence-corrected chi connectivity index (χ1v) is 10.1. The van der Waals surface area contributed by atoms with E-state index in [0.717, 1.165) is 26.3 Å². The highest BCUT2D eigenvalue weighted by molar-refractivity contribution is 9.10. The van der Waals surface area contributed by atoms with Gasteiger partial charge in [0, 0.05) is 22.9 Å². The van der Waals surface area contributed by atoms with E-state index in [0.29, 0.717) is 12.1 Å². The zero-order valence-corrected chi connectivity index (χ0v) is 16.9. The van der Waals surface area contributed by atoms with Gasteiger partial charge in [0.05, 0.1) is 12.2 Å². The van der Waals surface area contributed by atoms with Crippen LogP contribution in [0.5, 0.6) is 0 Å². The molecule has 0 radical (unpaired) electrons. The van der Waals surface area contributed by atoms with Crippen LogP contribution in [0.4, 0.5) is 0 Å². The molecule has 132 valence electrons. The van der Waals surface area contributed by atoms with Gasteiger partial charge in [-0.25, -0.2) is 4.98 Å². The van der Waals surface area contributed by atoms with Gasteiger partial charge in [0.1, 0.15) is 4.60 Å². The first-order chi connectivity index (χ1) is 12.6. The van der Waals surface area contributed by atoms with Crippen molar-refractivity contribution >= 4 is 33.6 Å². The van der Waals surface area contributed by atoms with Crippen LogP contribution in [0, 0.1) is 6.92 Å². The zero-order chi connectivity index (χ0) is 18.5. The zero-order valence-electron chi connectivity index (χ0n) is 14.5. The molecule has 0 aliphatic rings. The van der Waals surface area contributed by atoms with Crippen LogP contribution in [0.3, 0.4) is 0 Å². The number of aromatic nitrogens is 2. The molecule has 2 heterocycles. The molecule has 0 aliphatic heterocycles. The number of carbonyl (C=O) groups is 1. The average Bonchev–Trinajstić information content (AvgIpc) is 2.66. The van der Waals surface area contributed by atoms with Gasteiger partial charge < -0.3 is 5.32 Å². The van der Waals surface area contributed by atoms with Crippen LogP contribution in [0.15, 0.2) is 64.4 Å². The molecule has 1 aromatic carbocycles. The SMILES string of the molecule is CSc1cc(C(=O)NCc2cc(-c3ccnc(Br)c3)ccn2)ccc1C. The summed E-state index contributed by atoms with van der Waals surface area (Å²) in [6, 6.07) is 13.6. The maximum atomic E-state index is 12.4. The standard InChI is InChI=1S/C20H18BrN3OS/c1-13-3-4-16(10-18(13)26-2)20(25)24-12-17-9-14(5-7-22-17)15-6-8-23-19(21)11-15/h3-11H,12H2,1-2H3,(H,24,25). The summed E-state index contributed by atoms with van der Waals surface area (Å²) < 4.78 is 0.783. The summed E-state index contributed by atoms with van der Waals surface area (Å²) in [5.41, 5.74) is 4.72. The Labute approximate surface area is 165 Å². The van der Waals surface area contributed by atoms with Crippen molar-refractivity contribution in [3.05, 3.63) is 76.3 Å². The molecule has 0 atom stereocenters. The van der Waals surface area contributed by atoms with E-state index in [2.05, 4.69) is 31.2 Å². The fourth-order valence-electron chi connectivity index (χ4n) is 2.57. The second kappa shape index (κ2) is 8.47. The van der Waals surface area contributed by atoms with E-state index in [1.807, 2.05) is 55.6 Å². The highest BCUT2D eigenvalue weighted by Crippen LogP contribution is 2.22. The minimum atomic E-state index is -0.0980. The van der Waals surface area contributed by atoms with Gasteiger partial charge in [0.25, 0.3) is 5.91 Å². The molecular formula is C20H18BrN3OS. The van der Waals surface area contributed by atoms with Crippen LogP contribution in [-0.2, 0) is 6.54 Å². The minimum absolute atomic E-state index is 0.0980. The number of hydrogen-bond acceptors (Lipinski definition) is 4. The van der Waals surface area contributed by atoms with Gasteiger partial charge in [-0.1, -0.05) is 6.07 Å². The number of rotatable bonds is 5. The van der Waals surface area contributed by atoms with Crippen LogP contribution in [-0.4, -0.2) is 22.1 Å². The van der Waals surface area contributed by atoms with Crippen molar-refractivity contribution in [3.8, 4) is 11.1 Å². The lowest BCUT2D eigenvalue weighted by Crippen LogP contribution is -2.23. The van der Waals surface area contributed by atoms with E-state index in [-0.39, 0.29) is 5.91 Å². The Morgan fingerprint density at radius 2 is 1.81 bits per heavy atom. The second-order valence-electron chi connectivity index (χ2n) is 5.77. The van der Waals surface area contributed by atoms with Gasteiger partial charge in [-0.05, 0) is 82.2 Å². The van der Waals surface area contributed by atoms with E-state index in [9.17, 15) is 4.79 Å². The fourth-order valence-corrected chi connectivity index (χ4v) is 3.57. The summed E-state index contributed by atoms with van der Waals surface area (Å²) in [5.74, 6) is -0.0980. The van der Waals surface area contributed by atoms with Crippen molar-refractivity contribution in [2.45, 2.75) is 18.4 Å². The number of pyridine rings is 2. The van der Waals surface area contributed by atoms with Crippen LogP contribution >= 0.6 is 27.7 Å². The number of amides is 1. The van der Waals surface area contributed by atoms with Gasteiger partial charge in [-0.2, -0.15) is 0 Å². The lowest BCUT2D eigenvalue weighted by Gasteiger charge is -2.09. The Kier molecular flexibility index (Phi) is 6.06. The van der Waals surface area contributed by atoms with Crippen LogP contribution < -0.4 is 5.32 Å². The molecule has 4 nitrogen and oxygen atoms in total. The highest BCUT2D eigenvalue weighted by atomic mass is 79.9. The Balaban J connectivity index is 1.72. The molecule has 0 aliphatic carbocycles. The molecule has 3 aromatic rings. The third kappa shape index (κ3) is 4.51. The number of thioether (sulfide) groups is 1. The Morgan fingerprint density at radius 1 is 1.08 bits per heavy atom. The first-order valence-electron chi connectivity index (χ1n) is 8.06. The van der Waals surface area contributed by atoms with Gasteiger partial charge in [0.15, 0.2) is 0 Å². The molecule has 0 saturated carbocycles. The lowest BCUT2D eigenvalue weighted by atomic mass is 10.1. The molecule has 0 bridgehead atoms. The third-order valence-corrected chi connectivity index (χ3v) is 5.29. The molecule has 26 heavy (non-hydrogen) atoms. The van der Waals surface area contributed by atoms with Gasteiger partial charge in [0.2, 0.25) is 0 Å². The molecule has 0 saturated heterocycles. The van der Waals surface area contributed by atoms with Crippen molar-refractivity contribution in [1.29, 1.82) is 0 Å². The molecule has 1 amide bonds. The Hall–Kier alpha value is -2.18. The van der Waals surface area contributed by atoms with Gasteiger partial charge >= 0.3 is 0 Å². The average molecular weight is 428 g/mol. The second-order valence-corrected chi connectivity index (χ2v) is 7.43. The van der Waals surface area contributed by atoms with E-state index in [4.69, 9.17) is 0 Å². The maximum absolute atomic E-state index is 12.4. The molecular weight excluding hydrogens is 410 g/mol. The number of aryl methyl sites for hydroxylation is 1. The largest absolute Gasteiger partial charge is 0.346 e. The summed E-state index contributed by atoms with van der Waals surface area (Å²) in [5, 5.41) is 2.94. The van der Waals surface area contributed by atoms with E-state index in [1.165, 1.54) is 5.56 Å². The number of carbonyl (C=O) groups excluding carboxylic acids is 1. The normalized spacial score (nSPS) is 10.6. The van der Waals surface area contributed by atoms with Crippen molar-refractivity contribution in [2.75, 3.05) is 6.26 Å². The number of nitrogens with zero attached hydrogens (tertiary/aromatic N) is 2. The quantitative estimate of drug-likeness (QED) is 0.466. The van der Waals surface area contributed by atoms with Gasteiger partial charge in [-0.3, -0.25) is 9.78 Å². The van der Waals surface area contributed by atoms with Crippen molar-refractivity contribution in [1.82, 2.24) is 15.3 Å². The molecule has 1 N–H and O–H groups in total. The summed E-state index contributed by atoms with van der Waals surface area (Å²) in [4.78, 5) is 22.0. The Morgan fingerprint density at radius 3 is 2.54 bits per heavy atom.